The van der Waals surface area contributed by atoms with Gasteiger partial charge in [0.05, 0.1) is 33.8 Å². The van der Waals surface area contributed by atoms with Gasteiger partial charge in [-0.25, -0.2) is 4.57 Å². The summed E-state index contributed by atoms with van der Waals surface area (Å²) in [5, 5.41) is 3.04. The van der Waals surface area contributed by atoms with Crippen molar-refractivity contribution in [2.45, 2.75) is 258 Å². The lowest BCUT2D eigenvalue weighted by Crippen LogP contribution is -2.47. The lowest BCUT2D eigenvalue weighted by Gasteiger charge is -2.27. The Morgan fingerprint density at radius 1 is 0.429 bits per heavy atom. The number of quaternary nitrogens is 1. The number of rotatable bonds is 58. The summed E-state index contributed by atoms with van der Waals surface area (Å²) in [5.41, 5.74) is 0. The predicted octanol–water partition coefficient (Wildman–Crippen LogP) is 21.2. The molecule has 0 saturated heterocycles. The van der Waals surface area contributed by atoms with Crippen molar-refractivity contribution < 1.29 is 37.3 Å². The summed E-state index contributed by atoms with van der Waals surface area (Å²) in [5.74, 6) is -0.576. The number of phosphoric ester groups is 1. The number of nitrogens with zero attached hydrogens (tertiary/aromatic N) is 1. The third-order valence-corrected chi connectivity index (χ3v) is 14.7. The van der Waals surface area contributed by atoms with E-state index in [-0.39, 0.29) is 37.9 Å². The molecule has 0 aromatic carbocycles. The van der Waals surface area contributed by atoms with Crippen molar-refractivity contribution >= 4 is 19.7 Å². The van der Waals surface area contributed by atoms with Gasteiger partial charge in [0, 0.05) is 12.8 Å². The Morgan fingerprint density at radius 3 is 1.14 bits per heavy atom. The molecule has 0 bridgehead atoms. The predicted molar refractivity (Wildman–Crippen MR) is 364 cm³/mol. The van der Waals surface area contributed by atoms with Crippen molar-refractivity contribution in [3.05, 3.63) is 158 Å². The maximum absolute atomic E-state index is 13.6. The average molecular weight is 1180 g/mol. The Bertz CT molecular complexity index is 1990. The highest BCUT2D eigenvalue weighted by molar-refractivity contribution is 7.47. The van der Waals surface area contributed by atoms with Crippen LogP contribution in [0.25, 0.3) is 0 Å². The molecule has 0 heterocycles. The first kappa shape index (κ1) is 79.6. The molecule has 0 aliphatic carbocycles. The van der Waals surface area contributed by atoms with Gasteiger partial charge in [-0.1, -0.05) is 256 Å². The van der Waals surface area contributed by atoms with Crippen LogP contribution in [0.2, 0.25) is 0 Å². The van der Waals surface area contributed by atoms with Crippen LogP contribution in [0.1, 0.15) is 245 Å². The van der Waals surface area contributed by atoms with E-state index in [0.29, 0.717) is 23.9 Å². The quantitative estimate of drug-likeness (QED) is 0.0205. The molecule has 0 aromatic heterocycles. The molecule has 3 unspecified atom stereocenters. The summed E-state index contributed by atoms with van der Waals surface area (Å²) in [4.78, 5) is 37.8. The molecule has 0 fully saturated rings. The van der Waals surface area contributed by atoms with Crippen LogP contribution in [0.5, 0.6) is 0 Å². The summed E-state index contributed by atoms with van der Waals surface area (Å²) in [6.45, 7) is 6.72. The number of nitrogens with one attached hydrogen (secondary N) is 1. The SMILES string of the molecule is CC/C=C\C/C=C\C/C=C\C/C=C\C/C=C\C/C=C\CCCCCCC(=O)NC(COP(=O)(O)OCC[N+](C)(C)C)C(/C=C/CCCCCCCCCCCC)OC(=O)CCCCCC/C=C\C/C=C\C/C=C\C/C=C\C/C=C\C/C=C\CC. The molecular formula is C74H124N2O7P+. The first-order valence-electron chi connectivity index (χ1n) is 33.3. The van der Waals surface area contributed by atoms with Crippen LogP contribution in [-0.2, 0) is 27.9 Å². The zero-order chi connectivity index (χ0) is 61.4. The molecule has 10 heteroatoms. The number of ether oxygens (including phenoxy) is 1. The maximum Gasteiger partial charge on any atom is 0.472 e. The molecule has 0 aliphatic heterocycles. The summed E-state index contributed by atoms with van der Waals surface area (Å²) in [6.07, 6.45) is 91.0. The van der Waals surface area contributed by atoms with Crippen molar-refractivity contribution in [3.63, 3.8) is 0 Å². The number of hydrogen-bond acceptors (Lipinski definition) is 6. The summed E-state index contributed by atoms with van der Waals surface area (Å²) in [6, 6.07) is -0.887. The first-order chi connectivity index (χ1) is 40.9. The smallest absolute Gasteiger partial charge is 0.456 e. The normalized spacial score (nSPS) is 14.6. The fourth-order valence-corrected chi connectivity index (χ4v) is 9.39. The minimum atomic E-state index is -4.48. The van der Waals surface area contributed by atoms with Crippen molar-refractivity contribution in [3.8, 4) is 0 Å². The topological polar surface area (TPSA) is 111 Å². The molecule has 0 aromatic rings. The third-order valence-electron chi connectivity index (χ3n) is 13.7. The fraction of sp³-hybridized carbons (Fsp3) is 0.622. The van der Waals surface area contributed by atoms with E-state index in [4.69, 9.17) is 13.8 Å². The lowest BCUT2D eigenvalue weighted by atomic mass is 10.0. The third kappa shape index (κ3) is 62.2. The second kappa shape index (κ2) is 61.7. The Hall–Kier alpha value is -4.37. The summed E-state index contributed by atoms with van der Waals surface area (Å²) < 4.78 is 30.7. The van der Waals surface area contributed by atoms with Crippen LogP contribution in [0.4, 0.5) is 0 Å². The van der Waals surface area contributed by atoms with Crippen LogP contribution in [0.3, 0.4) is 0 Å². The standard InChI is InChI=1S/C74H123N2O7P/c1-7-10-13-16-19-22-25-28-30-32-34-36-38-40-42-44-46-48-51-54-57-60-63-66-73(77)75-71(70-82-84(79,80)81-69-68-76(4,5)6)72(65-62-59-56-53-50-27-24-21-18-15-12-9-3)83-74(78)67-64-61-58-55-52-49-47-45-43-41-39-37-35-33-31-29-26-23-20-17-14-11-8-2/h10-11,13-14,19-20,22-23,28-31,34-37,40-43,46-49,62,65,71-72H,7-9,12,15-18,21,24-27,32-33,38-39,44-45,50-61,63-64,66-70H2,1-6H3,(H-,75,77,79,80)/p+1/b13-10-,14-11-,22-19-,23-20-,30-28-,31-29-,36-34-,37-35-,42-40-,43-41-,48-46-,49-47-,65-62+. The number of allylic oxidation sites excluding steroid dienone is 25. The Kier molecular flexibility index (Phi) is 58.5. The van der Waals surface area contributed by atoms with Gasteiger partial charge in [0.15, 0.2) is 0 Å². The average Bonchev–Trinajstić information content (AvgIpc) is 3.64. The van der Waals surface area contributed by atoms with Gasteiger partial charge in [0.2, 0.25) is 5.91 Å². The number of esters is 1. The van der Waals surface area contributed by atoms with E-state index in [1.54, 1.807) is 0 Å². The van der Waals surface area contributed by atoms with E-state index in [2.05, 4.69) is 172 Å². The highest BCUT2D eigenvalue weighted by Crippen LogP contribution is 2.43. The van der Waals surface area contributed by atoms with Crippen molar-refractivity contribution in [1.29, 1.82) is 0 Å². The fourth-order valence-electron chi connectivity index (χ4n) is 8.65. The zero-order valence-electron chi connectivity index (χ0n) is 54.3. The number of carbonyl (C=O) groups is 2. The van der Waals surface area contributed by atoms with Gasteiger partial charge in [0.1, 0.15) is 19.3 Å². The van der Waals surface area contributed by atoms with Gasteiger partial charge in [-0.15, -0.1) is 0 Å². The molecule has 1 amide bonds. The summed E-state index contributed by atoms with van der Waals surface area (Å²) >= 11 is 0. The largest absolute Gasteiger partial charge is 0.472 e. The molecule has 0 radical (unpaired) electrons. The van der Waals surface area contributed by atoms with E-state index in [1.165, 1.54) is 51.4 Å². The van der Waals surface area contributed by atoms with Gasteiger partial charge in [-0.05, 0) is 134 Å². The molecule has 476 valence electrons. The highest BCUT2D eigenvalue weighted by Gasteiger charge is 2.30. The number of likely N-dealkylation sites (N-methyl/N-ethyl adjacent to an activating group) is 1. The molecule has 0 saturated carbocycles. The molecule has 0 aliphatic rings. The van der Waals surface area contributed by atoms with Crippen LogP contribution in [0.15, 0.2) is 158 Å². The van der Waals surface area contributed by atoms with E-state index in [9.17, 15) is 19.0 Å². The van der Waals surface area contributed by atoms with Gasteiger partial charge in [-0.2, -0.15) is 0 Å². The number of amides is 1. The molecule has 0 spiro atoms. The van der Waals surface area contributed by atoms with Crippen LogP contribution >= 0.6 is 7.82 Å². The number of unbranched alkanes of at least 4 members (excludes halogenated alkanes) is 18. The van der Waals surface area contributed by atoms with E-state index >= 15 is 0 Å². The molecular weight excluding hydrogens is 1060 g/mol. The molecule has 0 rings (SSSR count). The van der Waals surface area contributed by atoms with Gasteiger partial charge in [-0.3, -0.25) is 18.6 Å². The van der Waals surface area contributed by atoms with Gasteiger partial charge < -0.3 is 19.4 Å². The number of carbonyl (C=O) groups excluding carboxylic acids is 2. The second-order valence-corrected chi connectivity index (χ2v) is 24.3. The molecule has 9 nitrogen and oxygen atoms in total. The van der Waals surface area contributed by atoms with E-state index < -0.39 is 20.0 Å². The Labute approximate surface area is 516 Å². The highest BCUT2D eigenvalue weighted by atomic mass is 31.2. The zero-order valence-corrected chi connectivity index (χ0v) is 55.2. The number of hydrogen-bond donors (Lipinski definition) is 2. The minimum Gasteiger partial charge on any atom is -0.456 e. The second-order valence-electron chi connectivity index (χ2n) is 22.9. The molecule has 84 heavy (non-hydrogen) atoms. The van der Waals surface area contributed by atoms with Gasteiger partial charge >= 0.3 is 13.8 Å². The van der Waals surface area contributed by atoms with Crippen LogP contribution in [0, 0.1) is 0 Å². The first-order valence-corrected chi connectivity index (χ1v) is 34.8. The summed E-state index contributed by atoms with van der Waals surface area (Å²) in [7, 11) is 1.44. The Balaban J connectivity index is 5.30. The monoisotopic (exact) mass is 1180 g/mol. The van der Waals surface area contributed by atoms with E-state index in [0.717, 1.165) is 148 Å². The minimum absolute atomic E-state index is 0.0208. The van der Waals surface area contributed by atoms with Crippen molar-refractivity contribution in [2.75, 3.05) is 40.9 Å². The maximum atomic E-state index is 13.6. The van der Waals surface area contributed by atoms with Crippen LogP contribution < -0.4 is 5.32 Å². The van der Waals surface area contributed by atoms with Crippen LogP contribution in [-0.4, -0.2) is 74.3 Å². The molecule has 3 atom stereocenters. The molecule has 2 N–H and O–H groups in total. The van der Waals surface area contributed by atoms with Crippen molar-refractivity contribution in [2.24, 2.45) is 0 Å². The van der Waals surface area contributed by atoms with Gasteiger partial charge in [0.25, 0.3) is 0 Å². The lowest BCUT2D eigenvalue weighted by molar-refractivity contribution is -0.870. The number of phosphoric acid groups is 1. The Morgan fingerprint density at radius 2 is 0.762 bits per heavy atom. The van der Waals surface area contributed by atoms with Crippen molar-refractivity contribution in [1.82, 2.24) is 5.32 Å². The van der Waals surface area contributed by atoms with E-state index in [1.807, 2.05) is 33.3 Å².